The average molecular weight is 578 g/mol. The van der Waals surface area contributed by atoms with Gasteiger partial charge in [0.1, 0.15) is 5.58 Å². The molecule has 39 heavy (non-hydrogen) atoms. The van der Waals surface area contributed by atoms with E-state index in [1.54, 1.807) is 25.1 Å². The second-order valence-electron chi connectivity index (χ2n) is 10.0. The van der Waals surface area contributed by atoms with Gasteiger partial charge in [-0.2, -0.15) is 13.2 Å². The van der Waals surface area contributed by atoms with E-state index in [4.69, 9.17) is 32.4 Å². The van der Waals surface area contributed by atoms with Crippen LogP contribution in [0, 0.1) is 6.92 Å². The molecule has 1 heterocycles. The number of halogens is 5. The molecule has 0 fully saturated rings. The van der Waals surface area contributed by atoms with E-state index < -0.39 is 29.7 Å². The molecular formula is C29H24Cl2F3NO4. The van der Waals surface area contributed by atoms with Gasteiger partial charge in [-0.05, 0) is 53.8 Å². The molecule has 0 aliphatic rings. The van der Waals surface area contributed by atoms with E-state index in [-0.39, 0.29) is 38.6 Å². The van der Waals surface area contributed by atoms with Crippen LogP contribution in [0.4, 0.5) is 18.9 Å². The molecule has 0 saturated heterocycles. The Labute approximate surface area is 232 Å². The number of ether oxygens (including phenoxy) is 1. The maximum Gasteiger partial charge on any atom is 0.416 e. The highest BCUT2D eigenvalue weighted by Gasteiger charge is 2.31. The van der Waals surface area contributed by atoms with Crippen LogP contribution in [-0.4, -0.2) is 12.5 Å². The first-order valence-corrected chi connectivity index (χ1v) is 12.6. The first kappa shape index (κ1) is 28.5. The van der Waals surface area contributed by atoms with E-state index in [0.717, 1.165) is 23.8 Å². The van der Waals surface area contributed by atoms with Crippen LogP contribution in [0.25, 0.3) is 22.3 Å². The minimum atomic E-state index is -4.62. The van der Waals surface area contributed by atoms with Crippen molar-refractivity contribution in [1.29, 1.82) is 0 Å². The number of nitrogens with one attached hydrogen (secondary N) is 1. The van der Waals surface area contributed by atoms with Gasteiger partial charge in [-0.25, -0.2) is 0 Å². The van der Waals surface area contributed by atoms with E-state index in [1.165, 1.54) is 6.07 Å². The molecule has 0 spiro atoms. The number of rotatable bonds is 5. The van der Waals surface area contributed by atoms with Gasteiger partial charge in [-0.3, -0.25) is 9.59 Å². The fourth-order valence-electron chi connectivity index (χ4n) is 3.86. The number of carbonyl (C=O) groups is 1. The van der Waals surface area contributed by atoms with Crippen molar-refractivity contribution >= 4 is 45.8 Å². The Kier molecular flexibility index (Phi) is 7.74. The third kappa shape index (κ3) is 6.23. The van der Waals surface area contributed by atoms with E-state index in [9.17, 15) is 22.8 Å². The zero-order chi connectivity index (χ0) is 28.7. The molecule has 0 aliphatic heterocycles. The summed E-state index contributed by atoms with van der Waals surface area (Å²) in [6.45, 7) is 7.26. The lowest BCUT2D eigenvalue weighted by Crippen LogP contribution is -2.23. The van der Waals surface area contributed by atoms with E-state index in [1.807, 2.05) is 12.1 Å². The van der Waals surface area contributed by atoms with Crippen LogP contribution in [0.5, 0.6) is 5.75 Å². The van der Waals surface area contributed by atoms with Crippen molar-refractivity contribution in [3.8, 4) is 17.1 Å². The van der Waals surface area contributed by atoms with Crippen molar-refractivity contribution in [2.75, 3.05) is 11.9 Å². The molecule has 1 aromatic heterocycles. The Morgan fingerprint density at radius 2 is 1.59 bits per heavy atom. The fraction of sp³-hybridized carbons (Fsp3) is 0.241. The molecule has 10 heteroatoms. The lowest BCUT2D eigenvalue weighted by Gasteiger charge is -2.19. The van der Waals surface area contributed by atoms with Crippen LogP contribution in [-0.2, 0) is 16.4 Å². The maximum atomic E-state index is 13.5. The quantitative estimate of drug-likeness (QED) is 0.258. The first-order valence-electron chi connectivity index (χ1n) is 11.8. The Balaban J connectivity index is 1.71. The van der Waals surface area contributed by atoms with Gasteiger partial charge in [0, 0.05) is 10.6 Å². The topological polar surface area (TPSA) is 68.5 Å². The monoisotopic (exact) mass is 577 g/mol. The first-order chi connectivity index (χ1) is 18.1. The fourth-order valence-corrected chi connectivity index (χ4v) is 4.19. The van der Waals surface area contributed by atoms with Crippen molar-refractivity contribution in [3.63, 3.8) is 0 Å². The summed E-state index contributed by atoms with van der Waals surface area (Å²) in [6, 6.07) is 13.0. The zero-order valence-electron chi connectivity index (χ0n) is 21.4. The summed E-state index contributed by atoms with van der Waals surface area (Å²) in [6.07, 6.45) is -4.62. The van der Waals surface area contributed by atoms with Crippen molar-refractivity contribution in [2.24, 2.45) is 0 Å². The van der Waals surface area contributed by atoms with Gasteiger partial charge in [0.15, 0.2) is 12.4 Å². The van der Waals surface area contributed by atoms with Gasteiger partial charge in [0.05, 0.1) is 21.7 Å². The summed E-state index contributed by atoms with van der Waals surface area (Å²) >= 11 is 12.2. The summed E-state index contributed by atoms with van der Waals surface area (Å²) in [5, 5.41) is 2.71. The standard InChI is InChI=1S/C29H24Cl2F3NO4/c1-15-11-23-19(13-21(15)31)25(37)27(26(39-23)16-5-7-17(8-6-16)28(2,3)4)38-14-24(36)35-22-12-18(29(32,33)34)9-10-20(22)30/h5-13H,14H2,1-4H3,(H,35,36). The molecule has 204 valence electrons. The highest BCUT2D eigenvalue weighted by molar-refractivity contribution is 6.33. The van der Waals surface area contributed by atoms with E-state index in [2.05, 4.69) is 26.1 Å². The second-order valence-corrected chi connectivity index (χ2v) is 10.9. The third-order valence-electron chi connectivity index (χ3n) is 6.06. The highest BCUT2D eigenvalue weighted by Crippen LogP contribution is 2.35. The molecule has 0 saturated carbocycles. The minimum absolute atomic E-state index is 0.0915. The van der Waals surface area contributed by atoms with Crippen LogP contribution in [0.15, 0.2) is 63.8 Å². The summed E-state index contributed by atoms with van der Waals surface area (Å²) < 4.78 is 51.0. The molecule has 0 aliphatic carbocycles. The molecular weight excluding hydrogens is 554 g/mol. The minimum Gasteiger partial charge on any atom is -0.476 e. The number of alkyl halides is 3. The second kappa shape index (κ2) is 10.6. The Bertz CT molecular complexity index is 1620. The molecule has 1 N–H and O–H groups in total. The lowest BCUT2D eigenvalue weighted by molar-refractivity contribution is -0.137. The van der Waals surface area contributed by atoms with Crippen molar-refractivity contribution in [2.45, 2.75) is 39.3 Å². The van der Waals surface area contributed by atoms with Crippen LogP contribution >= 0.6 is 23.2 Å². The third-order valence-corrected chi connectivity index (χ3v) is 6.80. The van der Waals surface area contributed by atoms with Crippen LogP contribution in [0.2, 0.25) is 10.0 Å². The lowest BCUT2D eigenvalue weighted by atomic mass is 9.86. The summed E-state index contributed by atoms with van der Waals surface area (Å²) in [5.41, 5.74) is 0.674. The highest BCUT2D eigenvalue weighted by atomic mass is 35.5. The molecule has 4 rings (SSSR count). The van der Waals surface area contributed by atoms with E-state index in [0.29, 0.717) is 16.1 Å². The molecule has 0 atom stereocenters. The molecule has 0 radical (unpaired) electrons. The largest absolute Gasteiger partial charge is 0.476 e. The Hall–Kier alpha value is -3.49. The number of fused-ring (bicyclic) bond motifs is 1. The maximum absolute atomic E-state index is 13.5. The Morgan fingerprint density at radius 1 is 0.949 bits per heavy atom. The number of anilines is 1. The van der Waals surface area contributed by atoms with Crippen LogP contribution in [0.3, 0.4) is 0 Å². The van der Waals surface area contributed by atoms with Crippen LogP contribution in [0.1, 0.15) is 37.5 Å². The van der Waals surface area contributed by atoms with Gasteiger partial charge in [0.25, 0.3) is 5.91 Å². The Morgan fingerprint density at radius 3 is 2.21 bits per heavy atom. The summed E-state index contributed by atoms with van der Waals surface area (Å²) in [4.78, 5) is 26.1. The number of hydrogen-bond donors (Lipinski definition) is 1. The average Bonchev–Trinajstić information content (AvgIpc) is 2.85. The number of amides is 1. The van der Waals surface area contributed by atoms with Gasteiger partial charge in [-0.15, -0.1) is 0 Å². The van der Waals surface area contributed by atoms with Gasteiger partial charge in [-0.1, -0.05) is 68.2 Å². The zero-order valence-corrected chi connectivity index (χ0v) is 22.9. The van der Waals surface area contributed by atoms with Crippen molar-refractivity contribution in [1.82, 2.24) is 0 Å². The normalized spacial score (nSPS) is 12.0. The van der Waals surface area contributed by atoms with Gasteiger partial charge >= 0.3 is 6.18 Å². The molecule has 0 unspecified atom stereocenters. The van der Waals surface area contributed by atoms with E-state index >= 15 is 0 Å². The number of aryl methyl sites for hydroxylation is 1. The molecule has 4 aromatic rings. The smallest absolute Gasteiger partial charge is 0.416 e. The van der Waals surface area contributed by atoms with Crippen molar-refractivity contribution in [3.05, 3.63) is 91.6 Å². The molecule has 0 bridgehead atoms. The predicted octanol–water partition coefficient (Wildman–Crippen LogP) is 8.41. The summed E-state index contributed by atoms with van der Waals surface area (Å²) in [7, 11) is 0. The SMILES string of the molecule is Cc1cc2oc(-c3ccc(C(C)(C)C)cc3)c(OCC(=O)Nc3cc(C(F)(F)F)ccc3Cl)c(=O)c2cc1Cl. The van der Waals surface area contributed by atoms with Crippen LogP contribution < -0.4 is 15.5 Å². The number of carbonyl (C=O) groups excluding carboxylic acids is 1. The van der Waals surface area contributed by atoms with Crippen molar-refractivity contribution < 1.29 is 27.1 Å². The number of hydrogen-bond acceptors (Lipinski definition) is 4. The van der Waals surface area contributed by atoms with Gasteiger partial charge in [0.2, 0.25) is 11.2 Å². The predicted molar refractivity (Wildman–Crippen MR) is 147 cm³/mol. The summed E-state index contributed by atoms with van der Waals surface area (Å²) in [5.74, 6) is -0.970. The molecule has 5 nitrogen and oxygen atoms in total. The molecule has 1 amide bonds. The number of benzene rings is 3. The molecule has 3 aromatic carbocycles. The van der Waals surface area contributed by atoms with Gasteiger partial charge < -0.3 is 14.5 Å².